The number of aromatic nitrogens is 2. The molecule has 2 rings (SSSR count). The van der Waals surface area contributed by atoms with Gasteiger partial charge in [-0.05, 0) is 18.7 Å². The van der Waals surface area contributed by atoms with Crippen LogP contribution in [0.3, 0.4) is 0 Å². The number of aromatic amines is 1. The number of H-pyrrole nitrogens is 1. The molecule has 1 aromatic rings. The summed E-state index contributed by atoms with van der Waals surface area (Å²) in [6.45, 7) is -6.79. The van der Waals surface area contributed by atoms with E-state index in [0.29, 0.717) is 4.57 Å². The summed E-state index contributed by atoms with van der Waals surface area (Å²) in [6, 6.07) is 0.875. The minimum Gasteiger partial charge on any atom is -0.387 e. The summed E-state index contributed by atoms with van der Waals surface area (Å²) in [5.41, 5.74) is -6.79. The maximum absolute atomic E-state index is 13.9. The average molecular weight is 546 g/mol. The zero-order chi connectivity index (χ0) is 24.8. The van der Waals surface area contributed by atoms with Crippen molar-refractivity contribution in [3.63, 3.8) is 0 Å². The Balaban J connectivity index is 2.28. The van der Waals surface area contributed by atoms with E-state index in [1.807, 2.05) is 4.98 Å². The van der Waals surface area contributed by atoms with E-state index in [9.17, 15) is 43.1 Å². The van der Waals surface area contributed by atoms with Gasteiger partial charge in [-0.25, -0.2) is 22.6 Å². The first-order chi connectivity index (χ1) is 14.3. The van der Waals surface area contributed by atoms with Crippen molar-refractivity contribution < 1.29 is 61.2 Å². The van der Waals surface area contributed by atoms with Crippen LogP contribution in [-0.4, -0.2) is 69.9 Å². The second kappa shape index (κ2) is 9.17. The highest BCUT2D eigenvalue weighted by Gasteiger charge is 2.62. The first-order valence-corrected chi connectivity index (χ1v) is 13.7. The number of phosphoric acid groups is 2. The number of aliphatic hydroxyl groups is 2. The Morgan fingerprint density at radius 2 is 1.88 bits per heavy atom. The van der Waals surface area contributed by atoms with Gasteiger partial charge in [-0.1, -0.05) is 0 Å². The number of hydrogen-bond donors (Lipinski definition) is 7. The third kappa shape index (κ3) is 6.25. The zero-order valence-electron chi connectivity index (χ0n) is 15.7. The van der Waals surface area contributed by atoms with E-state index in [-0.39, 0.29) is 0 Å². The van der Waals surface area contributed by atoms with Gasteiger partial charge in [-0.3, -0.25) is 14.3 Å². The highest BCUT2D eigenvalue weighted by Crippen LogP contribution is 2.66. The molecule has 0 radical (unpaired) electrons. The van der Waals surface area contributed by atoms with Gasteiger partial charge in [0.1, 0.15) is 18.4 Å². The number of aliphatic hydroxyl groups excluding tert-OH is 1. The molecule has 7 N–H and O–H groups in total. The number of rotatable bonds is 9. The van der Waals surface area contributed by atoms with E-state index < -0.39 is 70.4 Å². The molecule has 2 unspecified atom stereocenters. The van der Waals surface area contributed by atoms with Gasteiger partial charge in [-0.2, -0.15) is 4.31 Å². The molecule has 0 aromatic carbocycles. The molecule has 0 spiro atoms. The third-order valence-electron chi connectivity index (χ3n) is 4.12. The molecule has 2 heterocycles. The van der Waals surface area contributed by atoms with Crippen molar-refractivity contribution in [2.75, 3.05) is 13.3 Å². The smallest absolute Gasteiger partial charge is 0.387 e. The Hall–Kier alpha value is -0.680. The van der Waals surface area contributed by atoms with Crippen molar-refractivity contribution >= 4 is 34.2 Å². The lowest BCUT2D eigenvalue weighted by atomic mass is 9.88. The van der Waals surface area contributed by atoms with Crippen LogP contribution in [0.4, 0.5) is 4.39 Å². The Morgan fingerprint density at radius 3 is 2.38 bits per heavy atom. The van der Waals surface area contributed by atoms with E-state index in [1.165, 1.54) is 0 Å². The van der Waals surface area contributed by atoms with Crippen molar-refractivity contribution in [2.24, 2.45) is 0 Å². The molecule has 0 saturated carbocycles. The quantitative estimate of drug-likeness (QED) is 0.171. The number of ether oxygens (including phenoxy) is 1. The predicted molar refractivity (Wildman–Crippen MR) is 103 cm³/mol. The molecule has 1 fully saturated rings. The van der Waals surface area contributed by atoms with Crippen LogP contribution in [0, 0.1) is 0 Å². The number of nitrogens with zero attached hydrogens (tertiary/aromatic N) is 1. The largest absolute Gasteiger partial charge is 0.488 e. The topological polar surface area (TPSA) is 247 Å². The first-order valence-electron chi connectivity index (χ1n) is 8.08. The predicted octanol–water partition coefficient (Wildman–Crippen LogP) is -1.65. The van der Waals surface area contributed by atoms with E-state index in [2.05, 4.69) is 25.0 Å². The zero-order valence-corrected chi connectivity index (χ0v) is 19.2. The number of nitrogens with one attached hydrogen (secondary N) is 1. The van der Waals surface area contributed by atoms with Crippen LogP contribution in [0.2, 0.25) is 0 Å². The second-order valence-corrected chi connectivity index (χ2v) is 12.5. The minimum atomic E-state index is -5.66. The van der Waals surface area contributed by atoms with E-state index >= 15 is 0 Å². The summed E-state index contributed by atoms with van der Waals surface area (Å²) >= 11 is 4.41. The average Bonchev–Trinajstić information content (AvgIpc) is 2.78. The van der Waals surface area contributed by atoms with Crippen molar-refractivity contribution in [1.29, 1.82) is 0 Å². The SMILES string of the molecule is C[C@@]1(O)C(O)[C@@](CF)(CO[P@](O)(=S)OP(=O)(O)OP(=O)(O)O)O[C@H]1n1ccc(=O)[nH]c1=O. The lowest BCUT2D eigenvalue weighted by Gasteiger charge is -2.31. The Morgan fingerprint density at radius 1 is 1.28 bits per heavy atom. The van der Waals surface area contributed by atoms with Gasteiger partial charge in [0, 0.05) is 12.3 Å². The van der Waals surface area contributed by atoms with Crippen LogP contribution in [-0.2, 0) is 38.8 Å². The molecule has 1 aromatic heterocycles. The fourth-order valence-corrected chi connectivity index (χ4v) is 6.77. The van der Waals surface area contributed by atoms with Gasteiger partial charge in [-0.15, -0.1) is 0 Å². The molecule has 1 aliphatic rings. The van der Waals surface area contributed by atoms with Crippen LogP contribution in [0.1, 0.15) is 13.2 Å². The second-order valence-electron chi connectivity index (χ2n) is 6.68. The minimum absolute atomic E-state index is 0.628. The monoisotopic (exact) mass is 546 g/mol. The molecule has 32 heavy (non-hydrogen) atoms. The molecule has 0 amide bonds. The van der Waals surface area contributed by atoms with Gasteiger partial charge in [0.05, 0.1) is 6.61 Å². The van der Waals surface area contributed by atoms with Gasteiger partial charge in [0.25, 0.3) is 5.56 Å². The van der Waals surface area contributed by atoms with Crippen LogP contribution in [0.5, 0.6) is 0 Å². The molecule has 0 aliphatic carbocycles. The number of halogens is 1. The molecule has 16 nitrogen and oxygen atoms in total. The van der Waals surface area contributed by atoms with Gasteiger partial charge >= 0.3 is 28.1 Å². The number of alkyl halides is 1. The van der Waals surface area contributed by atoms with Crippen molar-refractivity contribution in [1.82, 2.24) is 9.55 Å². The van der Waals surface area contributed by atoms with Crippen LogP contribution < -0.4 is 11.2 Å². The standard InChI is InChI=1S/C11H18FN2O14P3S/c1-10(18)7(16)11(4-12,26-8(10)14-3-2-6(15)13-9(14)17)5-25-31(24,32)28-30(22,23)27-29(19,20)21/h2-3,7-8,16,18H,4-5H2,1H3,(H,22,23)(H,24,32)(H,13,15,17)(H2,19,20,21)/t7?,8-,10-,11-,31+/m1/s1. The Kier molecular flexibility index (Phi) is 7.90. The summed E-state index contributed by atoms with van der Waals surface area (Å²) < 4.78 is 54.2. The highest BCUT2D eigenvalue weighted by atomic mass is 32.5. The third-order valence-corrected chi connectivity index (χ3v) is 8.82. The number of hydrogen-bond acceptors (Lipinski definition) is 11. The van der Waals surface area contributed by atoms with Crippen molar-refractivity contribution in [2.45, 2.75) is 30.5 Å². The summed E-state index contributed by atoms with van der Waals surface area (Å²) in [4.78, 5) is 61.4. The molecule has 1 saturated heterocycles. The van der Waals surface area contributed by atoms with E-state index in [1.54, 1.807) is 0 Å². The lowest BCUT2D eigenvalue weighted by Crippen LogP contribution is -2.53. The van der Waals surface area contributed by atoms with Crippen molar-refractivity contribution in [3.05, 3.63) is 33.1 Å². The Bertz CT molecular complexity index is 1120. The van der Waals surface area contributed by atoms with Crippen LogP contribution in [0.15, 0.2) is 21.9 Å². The van der Waals surface area contributed by atoms with E-state index in [0.717, 1.165) is 19.2 Å². The van der Waals surface area contributed by atoms with Gasteiger partial charge in [0.2, 0.25) is 0 Å². The first kappa shape index (κ1) is 27.6. The van der Waals surface area contributed by atoms with Gasteiger partial charge < -0.3 is 39.0 Å². The Labute approximate surface area is 182 Å². The fourth-order valence-electron chi connectivity index (χ4n) is 2.77. The summed E-state index contributed by atoms with van der Waals surface area (Å²) in [5.74, 6) is 0. The highest BCUT2D eigenvalue weighted by molar-refractivity contribution is 8.08. The normalized spacial score (nSPS) is 32.4. The maximum Gasteiger partial charge on any atom is 0.488 e. The van der Waals surface area contributed by atoms with Gasteiger partial charge in [0.15, 0.2) is 11.8 Å². The molecular formula is C11H18FN2O14P3S. The summed E-state index contributed by atoms with van der Waals surface area (Å²) in [7, 11) is -11.2. The molecule has 0 bridgehead atoms. The summed E-state index contributed by atoms with van der Waals surface area (Å²) in [6.07, 6.45) is -3.06. The van der Waals surface area contributed by atoms with E-state index in [4.69, 9.17) is 14.5 Å². The molecule has 21 heteroatoms. The molecular weight excluding hydrogens is 528 g/mol. The molecule has 1 aliphatic heterocycles. The maximum atomic E-state index is 13.9. The molecule has 184 valence electrons. The lowest BCUT2D eigenvalue weighted by molar-refractivity contribution is -0.136. The summed E-state index contributed by atoms with van der Waals surface area (Å²) in [5, 5.41) is 21.1. The fraction of sp³-hybridized carbons (Fsp3) is 0.636. The van der Waals surface area contributed by atoms with Crippen LogP contribution in [0.25, 0.3) is 0 Å². The molecule has 6 atom stereocenters. The van der Waals surface area contributed by atoms with Crippen molar-refractivity contribution in [3.8, 4) is 0 Å². The van der Waals surface area contributed by atoms with Crippen LogP contribution >= 0.6 is 22.4 Å².